The van der Waals surface area contributed by atoms with Gasteiger partial charge in [-0.3, -0.25) is 0 Å². The average molecular weight is 295 g/mol. The SMILES string of the molecule is CC1CC(C)CN(CC2(CNC(C)(C)C)CCCCC2)C1. The topological polar surface area (TPSA) is 15.3 Å². The maximum atomic E-state index is 3.82. The zero-order valence-electron chi connectivity index (χ0n) is 15.2. The first-order valence-corrected chi connectivity index (χ1v) is 9.25. The van der Waals surface area contributed by atoms with Crippen LogP contribution < -0.4 is 5.32 Å². The second-order valence-electron chi connectivity index (χ2n) is 9.30. The van der Waals surface area contributed by atoms with Gasteiger partial charge in [-0.1, -0.05) is 33.1 Å². The second-order valence-corrected chi connectivity index (χ2v) is 9.30. The third-order valence-electron chi connectivity index (χ3n) is 5.41. The lowest BCUT2D eigenvalue weighted by Gasteiger charge is -2.45. The molecule has 2 fully saturated rings. The molecule has 0 bridgehead atoms. The second kappa shape index (κ2) is 7.00. The van der Waals surface area contributed by atoms with E-state index in [4.69, 9.17) is 0 Å². The summed E-state index contributed by atoms with van der Waals surface area (Å²) in [5.74, 6) is 1.76. The van der Waals surface area contributed by atoms with Crippen LogP contribution in [-0.2, 0) is 0 Å². The number of piperidine rings is 1. The van der Waals surface area contributed by atoms with Crippen molar-refractivity contribution < 1.29 is 0 Å². The van der Waals surface area contributed by atoms with Gasteiger partial charge in [-0.2, -0.15) is 0 Å². The van der Waals surface area contributed by atoms with Gasteiger partial charge in [0.25, 0.3) is 0 Å². The first-order valence-electron chi connectivity index (χ1n) is 9.25. The van der Waals surface area contributed by atoms with Crippen LogP contribution in [0.3, 0.4) is 0 Å². The summed E-state index contributed by atoms with van der Waals surface area (Å²) in [7, 11) is 0. The summed E-state index contributed by atoms with van der Waals surface area (Å²) < 4.78 is 0. The lowest BCUT2D eigenvalue weighted by molar-refractivity contribution is 0.0545. The zero-order valence-corrected chi connectivity index (χ0v) is 15.2. The third-order valence-corrected chi connectivity index (χ3v) is 5.41. The molecule has 0 spiro atoms. The van der Waals surface area contributed by atoms with Crippen molar-refractivity contribution >= 4 is 0 Å². The minimum absolute atomic E-state index is 0.243. The van der Waals surface area contributed by atoms with Crippen LogP contribution in [0.1, 0.15) is 73.1 Å². The smallest absolute Gasteiger partial charge is 0.00967 e. The van der Waals surface area contributed by atoms with Crippen LogP contribution in [0.15, 0.2) is 0 Å². The highest BCUT2D eigenvalue weighted by Gasteiger charge is 2.36. The summed E-state index contributed by atoms with van der Waals surface area (Å²) in [5.41, 5.74) is 0.773. The fraction of sp³-hybridized carbons (Fsp3) is 1.00. The molecule has 2 atom stereocenters. The number of hydrogen-bond acceptors (Lipinski definition) is 2. The maximum Gasteiger partial charge on any atom is 0.00967 e. The molecule has 1 N–H and O–H groups in total. The van der Waals surface area contributed by atoms with Crippen molar-refractivity contribution in [2.24, 2.45) is 17.3 Å². The Kier molecular flexibility index (Phi) is 5.76. The molecular weight excluding hydrogens is 256 g/mol. The standard InChI is InChI=1S/C19H38N2/c1-16-11-17(2)13-21(12-16)15-19(9-7-6-8-10-19)14-20-18(3,4)5/h16-17,20H,6-15H2,1-5H3. The molecule has 0 aromatic heterocycles. The van der Waals surface area contributed by atoms with Crippen LogP contribution in [0.4, 0.5) is 0 Å². The first kappa shape index (κ1) is 17.3. The molecule has 2 unspecified atom stereocenters. The Morgan fingerprint density at radius 3 is 2.10 bits per heavy atom. The van der Waals surface area contributed by atoms with Gasteiger partial charge in [-0.05, 0) is 57.3 Å². The molecule has 21 heavy (non-hydrogen) atoms. The van der Waals surface area contributed by atoms with Crippen LogP contribution in [-0.4, -0.2) is 36.6 Å². The van der Waals surface area contributed by atoms with Crippen LogP contribution in [0.25, 0.3) is 0 Å². The minimum atomic E-state index is 0.243. The fourth-order valence-corrected chi connectivity index (χ4v) is 4.54. The highest BCUT2D eigenvalue weighted by atomic mass is 15.1. The van der Waals surface area contributed by atoms with E-state index < -0.39 is 0 Å². The predicted molar refractivity (Wildman–Crippen MR) is 92.7 cm³/mol. The molecule has 2 rings (SSSR count). The van der Waals surface area contributed by atoms with Crippen LogP contribution in [0.2, 0.25) is 0 Å². The van der Waals surface area contributed by atoms with Crippen molar-refractivity contribution in [2.45, 2.75) is 78.7 Å². The summed E-state index contributed by atoms with van der Waals surface area (Å²) >= 11 is 0. The van der Waals surface area contributed by atoms with E-state index >= 15 is 0 Å². The van der Waals surface area contributed by atoms with E-state index in [1.807, 2.05) is 0 Å². The van der Waals surface area contributed by atoms with Crippen LogP contribution in [0.5, 0.6) is 0 Å². The van der Waals surface area contributed by atoms with Gasteiger partial charge in [0.15, 0.2) is 0 Å². The largest absolute Gasteiger partial charge is 0.311 e. The van der Waals surface area contributed by atoms with E-state index in [9.17, 15) is 0 Å². The fourth-order valence-electron chi connectivity index (χ4n) is 4.54. The van der Waals surface area contributed by atoms with Crippen LogP contribution >= 0.6 is 0 Å². The van der Waals surface area contributed by atoms with Crippen molar-refractivity contribution in [3.8, 4) is 0 Å². The van der Waals surface area contributed by atoms with Crippen molar-refractivity contribution in [2.75, 3.05) is 26.2 Å². The summed E-state index contributed by atoms with van der Waals surface area (Å²) in [6.45, 7) is 16.9. The minimum Gasteiger partial charge on any atom is -0.311 e. The van der Waals surface area contributed by atoms with Crippen molar-refractivity contribution in [3.05, 3.63) is 0 Å². The molecule has 0 aromatic rings. The lowest BCUT2D eigenvalue weighted by atomic mass is 9.72. The Morgan fingerprint density at radius 1 is 1.00 bits per heavy atom. The lowest BCUT2D eigenvalue weighted by Crippen LogP contribution is -2.52. The molecule has 1 heterocycles. The van der Waals surface area contributed by atoms with Gasteiger partial charge in [0.1, 0.15) is 0 Å². The zero-order chi connectivity index (χ0) is 15.5. The highest BCUT2D eigenvalue weighted by Crippen LogP contribution is 2.38. The van der Waals surface area contributed by atoms with E-state index in [2.05, 4.69) is 44.8 Å². The Balaban J connectivity index is 1.98. The maximum absolute atomic E-state index is 3.82. The highest BCUT2D eigenvalue weighted by molar-refractivity contribution is 4.91. The Morgan fingerprint density at radius 2 is 1.57 bits per heavy atom. The Labute approximate surface area is 133 Å². The Bertz CT molecular complexity index is 302. The molecule has 2 heteroatoms. The van der Waals surface area contributed by atoms with E-state index in [0.29, 0.717) is 5.41 Å². The Hall–Kier alpha value is -0.0800. The first-order chi connectivity index (χ1) is 9.78. The number of rotatable bonds is 4. The van der Waals surface area contributed by atoms with E-state index in [0.717, 1.165) is 11.8 Å². The van der Waals surface area contributed by atoms with Crippen molar-refractivity contribution in [1.29, 1.82) is 0 Å². The molecule has 0 amide bonds. The summed E-state index contributed by atoms with van der Waals surface area (Å²) in [5, 5.41) is 3.82. The molecule has 0 radical (unpaired) electrons. The van der Waals surface area contributed by atoms with Crippen molar-refractivity contribution in [3.63, 3.8) is 0 Å². The monoisotopic (exact) mass is 294 g/mol. The number of hydrogen-bond donors (Lipinski definition) is 1. The molecule has 1 saturated heterocycles. The molecule has 1 aliphatic carbocycles. The summed E-state index contributed by atoms with van der Waals surface area (Å²) in [6, 6.07) is 0. The number of likely N-dealkylation sites (tertiary alicyclic amines) is 1. The summed E-state index contributed by atoms with van der Waals surface area (Å²) in [6.07, 6.45) is 8.59. The number of nitrogens with one attached hydrogen (secondary N) is 1. The van der Waals surface area contributed by atoms with Gasteiger partial charge in [0.2, 0.25) is 0 Å². The predicted octanol–water partition coefficient (Wildman–Crippen LogP) is 4.30. The molecular formula is C19H38N2. The van der Waals surface area contributed by atoms with E-state index in [-0.39, 0.29) is 5.54 Å². The van der Waals surface area contributed by atoms with E-state index in [1.54, 1.807) is 0 Å². The summed E-state index contributed by atoms with van der Waals surface area (Å²) in [4.78, 5) is 2.79. The molecule has 124 valence electrons. The van der Waals surface area contributed by atoms with Crippen LogP contribution in [0, 0.1) is 17.3 Å². The van der Waals surface area contributed by atoms with Gasteiger partial charge >= 0.3 is 0 Å². The molecule has 2 nitrogen and oxygen atoms in total. The van der Waals surface area contributed by atoms with Gasteiger partial charge in [0.05, 0.1) is 0 Å². The van der Waals surface area contributed by atoms with Gasteiger partial charge in [0, 0.05) is 31.7 Å². The molecule has 2 aliphatic rings. The van der Waals surface area contributed by atoms with Gasteiger partial charge in [-0.15, -0.1) is 0 Å². The normalized spacial score (nSPS) is 31.3. The van der Waals surface area contributed by atoms with Gasteiger partial charge < -0.3 is 10.2 Å². The number of nitrogens with zero attached hydrogens (tertiary/aromatic N) is 1. The molecule has 1 aliphatic heterocycles. The third kappa shape index (κ3) is 5.56. The van der Waals surface area contributed by atoms with Crippen molar-refractivity contribution in [1.82, 2.24) is 10.2 Å². The van der Waals surface area contributed by atoms with Gasteiger partial charge in [-0.25, -0.2) is 0 Å². The molecule has 1 saturated carbocycles. The average Bonchev–Trinajstić information content (AvgIpc) is 2.35. The molecule has 0 aromatic carbocycles. The quantitative estimate of drug-likeness (QED) is 0.831. The van der Waals surface area contributed by atoms with E-state index in [1.165, 1.54) is 64.7 Å².